The van der Waals surface area contributed by atoms with Crippen LogP contribution in [0, 0.1) is 23.5 Å². The van der Waals surface area contributed by atoms with Crippen LogP contribution >= 0.6 is 0 Å². The molecule has 1 fully saturated rings. The van der Waals surface area contributed by atoms with E-state index >= 15 is 0 Å². The number of rotatable bonds is 4. The Kier molecular flexibility index (Phi) is 5.80. The smallest absolute Gasteiger partial charge is 0.123 e. The van der Waals surface area contributed by atoms with Crippen LogP contribution in [0.5, 0.6) is 0 Å². The zero-order chi connectivity index (χ0) is 17.6. The summed E-state index contributed by atoms with van der Waals surface area (Å²) in [7, 11) is 0. The summed E-state index contributed by atoms with van der Waals surface area (Å²) >= 11 is 0. The molecule has 0 atom stereocenters. The minimum absolute atomic E-state index is 0.000564. The summed E-state index contributed by atoms with van der Waals surface area (Å²) in [5.74, 6) is 5.56. The van der Waals surface area contributed by atoms with Gasteiger partial charge in [0.15, 0.2) is 0 Å². The van der Waals surface area contributed by atoms with E-state index in [9.17, 15) is 8.78 Å². The first-order valence-electron chi connectivity index (χ1n) is 8.54. The summed E-state index contributed by atoms with van der Waals surface area (Å²) in [5, 5.41) is 0. The zero-order valence-electron chi connectivity index (χ0n) is 14.4. The number of benzene rings is 2. The molecule has 0 unspecified atom stereocenters. The molecule has 0 aliphatic carbocycles. The largest absolute Gasteiger partial charge is 0.290 e. The third-order valence-corrected chi connectivity index (χ3v) is 4.62. The van der Waals surface area contributed by atoms with Crippen molar-refractivity contribution in [2.45, 2.75) is 13.0 Å². The van der Waals surface area contributed by atoms with Gasteiger partial charge in [0.25, 0.3) is 0 Å². The van der Waals surface area contributed by atoms with Crippen LogP contribution in [0.15, 0.2) is 48.5 Å². The average molecular weight is 340 g/mol. The second-order valence-corrected chi connectivity index (χ2v) is 6.24. The summed E-state index contributed by atoms with van der Waals surface area (Å²) in [6, 6.07) is 13.2. The summed E-state index contributed by atoms with van der Waals surface area (Å²) in [4.78, 5) is 4.70. The molecule has 4 heteroatoms. The highest BCUT2D eigenvalue weighted by Gasteiger charge is 2.26. The standard InChI is InChI=1S/C21H22F2N2/c1-2-3-12-24-13-15-25(16-14-24)21(17-4-8-19(22)9-5-17)18-6-10-20(23)11-7-18/h4-11,21H,12-16H2,1H3. The maximum absolute atomic E-state index is 13.3. The van der Waals surface area contributed by atoms with Crippen LogP contribution in [0.3, 0.4) is 0 Å². The lowest BCUT2D eigenvalue weighted by atomic mass is 9.96. The predicted molar refractivity (Wildman–Crippen MR) is 96.1 cm³/mol. The molecule has 2 nitrogen and oxygen atoms in total. The van der Waals surface area contributed by atoms with Crippen molar-refractivity contribution in [3.05, 3.63) is 71.3 Å². The molecule has 0 amide bonds. The van der Waals surface area contributed by atoms with Gasteiger partial charge in [-0.15, -0.1) is 5.92 Å². The molecule has 0 saturated carbocycles. The van der Waals surface area contributed by atoms with E-state index in [0.29, 0.717) is 0 Å². The highest BCUT2D eigenvalue weighted by molar-refractivity contribution is 5.32. The summed E-state index contributed by atoms with van der Waals surface area (Å²) in [5.41, 5.74) is 2.05. The molecule has 130 valence electrons. The molecular weight excluding hydrogens is 318 g/mol. The van der Waals surface area contributed by atoms with Crippen molar-refractivity contribution in [3.63, 3.8) is 0 Å². The first-order chi connectivity index (χ1) is 12.2. The Morgan fingerprint density at radius 1 is 0.840 bits per heavy atom. The van der Waals surface area contributed by atoms with E-state index in [4.69, 9.17) is 0 Å². The molecule has 0 radical (unpaired) electrons. The lowest BCUT2D eigenvalue weighted by Gasteiger charge is -2.39. The van der Waals surface area contributed by atoms with Crippen LogP contribution in [0.4, 0.5) is 8.78 Å². The molecule has 1 saturated heterocycles. The van der Waals surface area contributed by atoms with Crippen molar-refractivity contribution in [1.29, 1.82) is 0 Å². The van der Waals surface area contributed by atoms with Gasteiger partial charge in [0, 0.05) is 26.2 Å². The van der Waals surface area contributed by atoms with E-state index in [1.54, 1.807) is 0 Å². The molecule has 0 bridgehead atoms. The molecule has 0 N–H and O–H groups in total. The molecule has 1 heterocycles. The van der Waals surface area contributed by atoms with E-state index in [-0.39, 0.29) is 17.7 Å². The molecule has 2 aromatic carbocycles. The third kappa shape index (κ3) is 4.45. The summed E-state index contributed by atoms with van der Waals surface area (Å²) in [6.07, 6.45) is 0. The van der Waals surface area contributed by atoms with Crippen molar-refractivity contribution in [2.24, 2.45) is 0 Å². The van der Waals surface area contributed by atoms with E-state index in [1.165, 1.54) is 24.3 Å². The van der Waals surface area contributed by atoms with Gasteiger partial charge in [0.05, 0.1) is 12.6 Å². The number of piperazine rings is 1. The van der Waals surface area contributed by atoms with Crippen LogP contribution in [-0.4, -0.2) is 42.5 Å². The fraction of sp³-hybridized carbons (Fsp3) is 0.333. The molecule has 0 aromatic heterocycles. The molecule has 2 aromatic rings. The second kappa shape index (κ2) is 8.24. The first-order valence-corrected chi connectivity index (χ1v) is 8.54. The van der Waals surface area contributed by atoms with Crippen LogP contribution in [0.1, 0.15) is 24.1 Å². The van der Waals surface area contributed by atoms with E-state index in [1.807, 2.05) is 31.2 Å². The Morgan fingerprint density at radius 3 is 1.76 bits per heavy atom. The van der Waals surface area contributed by atoms with Crippen LogP contribution in [0.2, 0.25) is 0 Å². The van der Waals surface area contributed by atoms with Gasteiger partial charge in [-0.2, -0.15) is 0 Å². The van der Waals surface area contributed by atoms with Crippen molar-refractivity contribution < 1.29 is 8.78 Å². The van der Waals surface area contributed by atoms with Gasteiger partial charge in [0.2, 0.25) is 0 Å². The minimum atomic E-state index is -0.246. The van der Waals surface area contributed by atoms with Gasteiger partial charge in [-0.3, -0.25) is 9.80 Å². The lowest BCUT2D eigenvalue weighted by Crippen LogP contribution is -2.47. The van der Waals surface area contributed by atoms with Crippen molar-refractivity contribution >= 4 is 0 Å². The Hall–Kier alpha value is -2.22. The van der Waals surface area contributed by atoms with E-state index in [2.05, 4.69) is 21.6 Å². The summed E-state index contributed by atoms with van der Waals surface area (Å²) in [6.45, 7) is 6.31. The highest BCUT2D eigenvalue weighted by Crippen LogP contribution is 2.30. The quantitative estimate of drug-likeness (QED) is 0.783. The van der Waals surface area contributed by atoms with Gasteiger partial charge in [0.1, 0.15) is 11.6 Å². The van der Waals surface area contributed by atoms with Gasteiger partial charge < -0.3 is 0 Å². The Labute approximate surface area is 148 Å². The summed E-state index contributed by atoms with van der Waals surface area (Å²) < 4.78 is 26.7. The SMILES string of the molecule is CC#CCN1CCN(C(c2ccc(F)cc2)c2ccc(F)cc2)CC1. The Morgan fingerprint density at radius 2 is 1.32 bits per heavy atom. The van der Waals surface area contributed by atoms with Crippen LogP contribution < -0.4 is 0 Å². The highest BCUT2D eigenvalue weighted by atomic mass is 19.1. The van der Waals surface area contributed by atoms with Gasteiger partial charge in [-0.25, -0.2) is 8.78 Å². The molecule has 1 aliphatic heterocycles. The maximum Gasteiger partial charge on any atom is 0.123 e. The van der Waals surface area contributed by atoms with Gasteiger partial charge in [-0.05, 0) is 42.3 Å². The van der Waals surface area contributed by atoms with Crippen molar-refractivity contribution in [1.82, 2.24) is 9.80 Å². The predicted octanol–water partition coefficient (Wildman–Crippen LogP) is 3.70. The Bertz CT molecular complexity index is 691. The third-order valence-electron chi connectivity index (χ3n) is 4.62. The number of hydrogen-bond acceptors (Lipinski definition) is 2. The number of nitrogens with zero attached hydrogens (tertiary/aromatic N) is 2. The fourth-order valence-electron chi connectivity index (χ4n) is 3.27. The topological polar surface area (TPSA) is 6.48 Å². The average Bonchev–Trinajstić information content (AvgIpc) is 2.64. The van der Waals surface area contributed by atoms with Gasteiger partial charge in [-0.1, -0.05) is 30.2 Å². The number of hydrogen-bond donors (Lipinski definition) is 0. The lowest BCUT2D eigenvalue weighted by molar-refractivity contribution is 0.119. The molecule has 1 aliphatic rings. The molecule has 25 heavy (non-hydrogen) atoms. The fourth-order valence-corrected chi connectivity index (χ4v) is 3.27. The van der Waals surface area contributed by atoms with E-state index in [0.717, 1.165) is 43.9 Å². The van der Waals surface area contributed by atoms with Crippen molar-refractivity contribution in [2.75, 3.05) is 32.7 Å². The minimum Gasteiger partial charge on any atom is -0.290 e. The molecule has 3 rings (SSSR count). The van der Waals surface area contributed by atoms with E-state index < -0.39 is 0 Å². The normalized spacial score (nSPS) is 15.8. The van der Waals surface area contributed by atoms with Gasteiger partial charge >= 0.3 is 0 Å². The monoisotopic (exact) mass is 340 g/mol. The Balaban J connectivity index is 1.83. The first kappa shape index (κ1) is 17.6. The van der Waals surface area contributed by atoms with Crippen LogP contribution in [-0.2, 0) is 0 Å². The maximum atomic E-state index is 13.3. The molecule has 0 spiro atoms. The zero-order valence-corrected chi connectivity index (χ0v) is 14.4. The van der Waals surface area contributed by atoms with Crippen molar-refractivity contribution in [3.8, 4) is 11.8 Å². The van der Waals surface area contributed by atoms with Crippen LogP contribution in [0.25, 0.3) is 0 Å². The molecular formula is C21H22F2N2. The number of halogens is 2. The second-order valence-electron chi connectivity index (χ2n) is 6.24.